The molecule has 0 atom stereocenters. The number of hydrogen-bond donors (Lipinski definition) is 0. The van der Waals surface area contributed by atoms with Crippen LogP contribution in [0.2, 0.25) is 0 Å². The minimum Gasteiger partial charge on any atom is -0.456 e. The molecule has 0 radical (unpaired) electrons. The standard InChI is InChI=1S/C132H108BN7O2/c1-128(2,3)88-50-54-95-96-55-51-89(129(4,5)6)72-112(96)137(111(95)71-88)94-77-105(135-122(78-94)140-110-62-64-120-126(100-42-29-31-45-118(100)142-120)124(110)98-57-53-91(74-114(98)140)131(10,11)12)85-49-59-107-102(70-85)133-103-69-84(104-43-32-46-121(134-104)139-109-61-63-119-125(99-41-28-30-44-117(99)141-119)123(109)97-56-52-90(73-113(97)139)130(7,8)9)48-60-108(103)138(106-58-47-83(79-33-20-16-21-34-79)68-101(106)82-39-26-19-27-40-82)116-76-92(132(13,14)15)75-115(127(116)133)136(107)93-66-86(80-35-22-17-23-36-80)65-87(67-93)81-37-24-18-25-38-81/h16-78H,1-15H3. The molecule has 0 unspecified atom stereocenters. The van der Waals surface area contributed by atoms with Crippen LogP contribution >= 0.6 is 0 Å². The molecule has 0 amide bonds. The number of anilines is 6. The van der Waals surface area contributed by atoms with Crippen LogP contribution in [-0.2, 0) is 27.1 Å². The predicted molar refractivity (Wildman–Crippen MR) is 600 cm³/mol. The molecule has 0 saturated heterocycles. The maximum absolute atomic E-state index is 6.86. The molecule has 0 spiro atoms. The lowest BCUT2D eigenvalue weighted by molar-refractivity contribution is 0.590. The summed E-state index contributed by atoms with van der Waals surface area (Å²) in [4.78, 5) is 17.6. The van der Waals surface area contributed by atoms with Gasteiger partial charge in [-0.1, -0.05) is 347 Å². The third kappa shape index (κ3) is 13.9. The van der Waals surface area contributed by atoms with Gasteiger partial charge in [-0.2, -0.15) is 0 Å². The molecule has 142 heavy (non-hydrogen) atoms. The molecule has 24 aromatic rings. The summed E-state index contributed by atoms with van der Waals surface area (Å²) in [6.07, 6.45) is 0. The van der Waals surface area contributed by atoms with Gasteiger partial charge in [-0.15, -0.1) is 0 Å². The Balaban J connectivity index is 0.788. The number of para-hydroxylation sites is 2. The predicted octanol–water partition coefficient (Wildman–Crippen LogP) is 34.1. The van der Waals surface area contributed by atoms with Gasteiger partial charge in [0.15, 0.2) is 0 Å². The molecule has 17 aromatic carbocycles. The lowest BCUT2D eigenvalue weighted by atomic mass is 9.33. The van der Waals surface area contributed by atoms with E-state index in [4.69, 9.17) is 18.8 Å². The van der Waals surface area contributed by atoms with Gasteiger partial charge < -0.3 is 23.2 Å². The van der Waals surface area contributed by atoms with Crippen LogP contribution in [0, 0.1) is 0 Å². The van der Waals surface area contributed by atoms with E-state index >= 15 is 0 Å². The Labute approximate surface area is 828 Å². The van der Waals surface area contributed by atoms with Crippen molar-refractivity contribution < 1.29 is 8.83 Å². The third-order valence-electron chi connectivity index (χ3n) is 30.4. The van der Waals surface area contributed by atoms with Crippen molar-refractivity contribution in [2.75, 3.05) is 9.80 Å². The second-order valence-electron chi connectivity index (χ2n) is 44.5. The summed E-state index contributed by atoms with van der Waals surface area (Å²) >= 11 is 0. The molecular formula is C132H108BN7O2. The fourth-order valence-corrected chi connectivity index (χ4v) is 22.9. The minimum atomic E-state index is -0.429. The van der Waals surface area contributed by atoms with Gasteiger partial charge >= 0.3 is 0 Å². The average Bonchev–Trinajstić information content (AvgIpc) is 1.23. The maximum atomic E-state index is 6.86. The van der Waals surface area contributed by atoms with Crippen molar-refractivity contribution >= 4 is 167 Å². The lowest BCUT2D eigenvalue weighted by Crippen LogP contribution is -2.61. The van der Waals surface area contributed by atoms with Crippen LogP contribution in [-0.4, -0.2) is 30.4 Å². The SMILES string of the molecule is CC(C)(C)c1cc2c3c(c1)N(c1ccc(-c4ccccc4)cc1-c1ccccc1)c1ccc(-c4cccc(-n5c6cc(C(C)(C)C)ccc6c6c7c(ccc65)oc5ccccc57)n4)cc1B3c1cc(-c3cc(-n4c5cc(C(C)(C)C)ccc5c5ccc(C(C)(C)C)cc54)cc(-n4c5cc(C(C)(C)C)ccc5c5c6c(ccc54)oc4ccccc46)n3)ccc1N2c1cc(-c2ccccc2)cc(-c2ccccc2)c1. The Morgan fingerprint density at radius 1 is 0.218 bits per heavy atom. The van der Waals surface area contributed by atoms with Crippen molar-refractivity contribution in [1.29, 1.82) is 0 Å². The Kier molecular flexibility index (Phi) is 19.2. The largest absolute Gasteiger partial charge is 0.456 e. The van der Waals surface area contributed by atoms with Crippen LogP contribution in [0.5, 0.6) is 0 Å². The second-order valence-corrected chi connectivity index (χ2v) is 44.5. The molecule has 9 heterocycles. The summed E-state index contributed by atoms with van der Waals surface area (Å²) < 4.78 is 21.0. The molecule has 2 aliphatic heterocycles. The van der Waals surface area contributed by atoms with Gasteiger partial charge in [0.25, 0.3) is 6.71 Å². The average molecular weight is 1840 g/mol. The summed E-state index contributed by atoms with van der Waals surface area (Å²) in [6, 6.07) is 144. The summed E-state index contributed by atoms with van der Waals surface area (Å²) in [5.74, 6) is 1.61. The van der Waals surface area contributed by atoms with Crippen LogP contribution in [0.25, 0.3) is 194 Å². The van der Waals surface area contributed by atoms with E-state index in [0.717, 1.165) is 228 Å². The summed E-state index contributed by atoms with van der Waals surface area (Å²) in [7, 11) is 0. The van der Waals surface area contributed by atoms with E-state index in [9.17, 15) is 0 Å². The highest BCUT2D eigenvalue weighted by Gasteiger charge is 2.46. The van der Waals surface area contributed by atoms with Crippen LogP contribution in [0.15, 0.2) is 391 Å². The number of nitrogens with zero attached hydrogens (tertiary/aromatic N) is 7. The molecule has 686 valence electrons. The van der Waals surface area contributed by atoms with Gasteiger partial charge in [0.1, 0.15) is 34.0 Å². The van der Waals surface area contributed by atoms with E-state index in [1.165, 1.54) is 44.1 Å². The highest BCUT2D eigenvalue weighted by Crippen LogP contribution is 2.54. The zero-order valence-corrected chi connectivity index (χ0v) is 82.9. The molecule has 10 heteroatoms. The smallest absolute Gasteiger partial charge is 0.252 e. The molecule has 0 N–H and O–H groups in total. The van der Waals surface area contributed by atoms with Crippen molar-refractivity contribution in [3.63, 3.8) is 0 Å². The first kappa shape index (κ1) is 86.1. The van der Waals surface area contributed by atoms with E-state index in [2.05, 4.69) is 510 Å². The van der Waals surface area contributed by atoms with Gasteiger partial charge in [0.2, 0.25) is 0 Å². The first-order chi connectivity index (χ1) is 68.5. The Bertz CT molecular complexity index is 9250. The highest BCUT2D eigenvalue weighted by atomic mass is 16.3. The summed E-state index contributed by atoms with van der Waals surface area (Å²) in [6.45, 7) is 34.6. The van der Waals surface area contributed by atoms with Crippen LogP contribution in [0.1, 0.15) is 132 Å². The Morgan fingerprint density at radius 2 is 0.627 bits per heavy atom. The van der Waals surface area contributed by atoms with Gasteiger partial charge in [-0.25, -0.2) is 9.97 Å². The zero-order valence-electron chi connectivity index (χ0n) is 82.9. The van der Waals surface area contributed by atoms with Crippen LogP contribution < -0.4 is 26.2 Å². The molecular weight excluding hydrogens is 1730 g/mol. The fourth-order valence-electron chi connectivity index (χ4n) is 22.9. The lowest BCUT2D eigenvalue weighted by Gasteiger charge is -2.45. The van der Waals surface area contributed by atoms with Crippen molar-refractivity contribution in [2.24, 2.45) is 0 Å². The second kappa shape index (κ2) is 31.6. The van der Waals surface area contributed by atoms with Gasteiger partial charge in [-0.3, -0.25) is 9.13 Å². The molecule has 2 aliphatic rings. The van der Waals surface area contributed by atoms with Crippen LogP contribution in [0.3, 0.4) is 0 Å². The number of benzene rings is 17. The number of furan rings is 2. The third-order valence-corrected chi connectivity index (χ3v) is 30.4. The van der Waals surface area contributed by atoms with Crippen molar-refractivity contribution in [2.45, 2.75) is 131 Å². The minimum absolute atomic E-state index is 0.148. The number of fused-ring (bicyclic) bond motifs is 21. The number of hydrogen-bond acceptors (Lipinski definition) is 6. The molecule has 0 bridgehead atoms. The van der Waals surface area contributed by atoms with Crippen molar-refractivity contribution in [3.05, 3.63) is 410 Å². The van der Waals surface area contributed by atoms with E-state index in [1.54, 1.807) is 0 Å². The van der Waals surface area contributed by atoms with Crippen LogP contribution in [0.4, 0.5) is 34.1 Å². The fraction of sp³-hybridized carbons (Fsp3) is 0.152. The number of pyridine rings is 2. The van der Waals surface area contributed by atoms with Crippen molar-refractivity contribution in [3.8, 4) is 84.3 Å². The molecule has 9 nitrogen and oxygen atoms in total. The highest BCUT2D eigenvalue weighted by molar-refractivity contribution is 7.00. The van der Waals surface area contributed by atoms with Gasteiger partial charge in [0, 0.05) is 93.9 Å². The van der Waals surface area contributed by atoms with Gasteiger partial charge in [-0.05, 0) is 255 Å². The Morgan fingerprint density at radius 3 is 1.12 bits per heavy atom. The maximum Gasteiger partial charge on any atom is 0.252 e. The Hall–Kier alpha value is -16.3. The van der Waals surface area contributed by atoms with Gasteiger partial charge in [0.05, 0.1) is 55.9 Å². The zero-order chi connectivity index (χ0) is 96.6. The first-order valence-electron chi connectivity index (χ1n) is 50.0. The quantitative estimate of drug-likeness (QED) is 0.120. The molecule has 7 aromatic heterocycles. The van der Waals surface area contributed by atoms with E-state index < -0.39 is 6.71 Å². The normalized spacial score (nSPS) is 13.1. The molecule has 26 rings (SSSR count). The summed E-state index contributed by atoms with van der Waals surface area (Å²) in [5.41, 5.74) is 38.4. The first-order valence-corrected chi connectivity index (χ1v) is 50.0. The number of rotatable bonds is 11. The topological polar surface area (TPSA) is 73.3 Å². The van der Waals surface area contributed by atoms with Crippen molar-refractivity contribution in [1.82, 2.24) is 23.7 Å². The molecule has 0 fully saturated rings. The van der Waals surface area contributed by atoms with E-state index in [-0.39, 0.29) is 27.1 Å². The van der Waals surface area contributed by atoms with E-state index in [0.29, 0.717) is 0 Å². The monoisotopic (exact) mass is 1830 g/mol. The molecule has 0 aliphatic carbocycles. The summed E-state index contributed by atoms with van der Waals surface area (Å²) in [5, 5.41) is 11.3. The number of aromatic nitrogens is 5. The molecule has 0 saturated carbocycles. The van der Waals surface area contributed by atoms with E-state index in [1.807, 2.05) is 0 Å².